The van der Waals surface area contributed by atoms with Crippen LogP contribution in [0.5, 0.6) is 5.75 Å². The number of benzene rings is 4. The van der Waals surface area contributed by atoms with Crippen LogP contribution in [0.25, 0.3) is 0 Å². The lowest BCUT2D eigenvalue weighted by molar-refractivity contribution is -0.945. The second-order valence-corrected chi connectivity index (χ2v) is 35.9. The summed E-state index contributed by atoms with van der Waals surface area (Å²) in [7, 11) is -5.24. The minimum atomic E-state index is -4.61. The number of carbonyl (C=O) groups is 7. The smallest absolute Gasteiger partial charge is 0.373 e. The number of urea groups is 1. The van der Waals surface area contributed by atoms with E-state index in [-0.39, 0.29) is 106 Å². The van der Waals surface area contributed by atoms with Gasteiger partial charge in [-0.3, -0.25) is 28.3 Å². The van der Waals surface area contributed by atoms with Gasteiger partial charge in [-0.25, -0.2) is 22.8 Å². The summed E-state index contributed by atoms with van der Waals surface area (Å²) in [6.07, 6.45) is 11.6. The summed E-state index contributed by atoms with van der Waals surface area (Å²) in [6, 6.07) is 23.0. The van der Waals surface area contributed by atoms with Gasteiger partial charge < -0.3 is 54.4 Å². The molecule has 3 amide bonds. The number of aliphatic carboxylic acids is 3. The van der Waals surface area contributed by atoms with Gasteiger partial charge in [-0.15, -0.1) is 0 Å². The van der Waals surface area contributed by atoms with Gasteiger partial charge in [0.2, 0.25) is 11.6 Å². The van der Waals surface area contributed by atoms with E-state index in [1.807, 2.05) is 120 Å². The van der Waals surface area contributed by atoms with E-state index in [4.69, 9.17) is 19.4 Å². The van der Waals surface area contributed by atoms with Crippen molar-refractivity contribution in [2.45, 2.75) is 172 Å². The van der Waals surface area contributed by atoms with Gasteiger partial charge in [-0.1, -0.05) is 80.1 Å². The van der Waals surface area contributed by atoms with Crippen molar-refractivity contribution < 1.29 is 116 Å². The number of ether oxygens (including phenoxy) is 1. The normalized spacial score (nSPS) is 16.3. The maximum absolute atomic E-state index is 14.5. The Hall–Kier alpha value is -9.37. The number of carboxylic acids is 3. The lowest BCUT2D eigenvalue weighted by Crippen LogP contribution is -2.51. The van der Waals surface area contributed by atoms with Gasteiger partial charge in [0.25, 0.3) is 20.2 Å². The minimum absolute atomic E-state index is 0.0413. The van der Waals surface area contributed by atoms with Gasteiger partial charge in [0, 0.05) is 104 Å². The van der Waals surface area contributed by atoms with E-state index in [9.17, 15) is 82.7 Å². The molecular weight excluding hydrogens is 1520 g/mol. The standard InChI is InChI=1S/C80H107N7O20S3.CO2/c1-55-26-36-69-65(50-55)79(2,3)71(84(69)42-13-15-48-108(98,99)100)38-29-58-22-17-23-59(30-39-72-80(4,5)66-54-64(110(104,105)106)34-37-70(66)85(72)43-14-16-49-109(101,102)103)74(58)107-63-32-27-57(28-33-63)52-68(77(95)96)82-75(92)60(51-56-20-11-10-12-21-56)53-62(89)40-45-87(8,9)47-46-86(6,7)44-19-24-61(88)31-35-67(76(93)94)83-78(97)81-41-18-25-73(90)91;2-1-3/h10-12,20-21,26-30,32-34,36-39,50,54,60,67-68H,13-19,22-25,31,35,40-49,51-53H2,1-9H3,(H6-3,81,82,83,90,91,92,93,94,95,96,97,98,99,100,101,102,103,104,105,106);/p+2/t60-,67+,68+;/m1./s1. The molecule has 0 bridgehead atoms. The van der Waals surface area contributed by atoms with Crippen LogP contribution in [0.1, 0.15) is 152 Å². The van der Waals surface area contributed by atoms with Crippen LogP contribution < -0.4 is 25.6 Å². The highest BCUT2D eigenvalue weighted by Crippen LogP contribution is 2.49. The van der Waals surface area contributed by atoms with Crippen LogP contribution in [-0.4, -0.2) is 219 Å². The number of carbonyl (C=O) groups excluding carboxylic acids is 6. The number of likely N-dealkylation sites (N-methyl/N-ethyl adjacent to an activating group) is 2. The van der Waals surface area contributed by atoms with E-state index in [0.29, 0.717) is 109 Å². The Kier molecular flexibility index (Phi) is 33.6. The summed E-state index contributed by atoms with van der Waals surface area (Å²) < 4.78 is 113. The van der Waals surface area contributed by atoms with Gasteiger partial charge in [0.1, 0.15) is 54.8 Å². The largest absolute Gasteiger partial charge is 0.748 e. The number of fused-ring (bicyclic) bond motifs is 2. The topological polar surface area (TPSA) is 432 Å². The summed E-state index contributed by atoms with van der Waals surface area (Å²) in [6.45, 7) is 13.2. The number of anilines is 1. The van der Waals surface area contributed by atoms with Crippen LogP contribution in [0.3, 0.4) is 0 Å². The maximum atomic E-state index is 14.5. The first kappa shape index (κ1) is 92.5. The summed E-state index contributed by atoms with van der Waals surface area (Å²) in [4.78, 5) is 107. The zero-order valence-corrected chi connectivity index (χ0v) is 68.2. The number of hydrogen-bond acceptors (Lipinski definition) is 18. The number of ketones is 2. The number of hydrogen-bond donors (Lipinski definition) is 8. The molecule has 616 valence electrons. The molecule has 29 nitrogen and oxygen atoms in total. The average Bonchev–Trinajstić information content (AvgIpc) is 1.59. The summed E-state index contributed by atoms with van der Waals surface area (Å²) >= 11 is 0. The minimum Gasteiger partial charge on any atom is -0.748 e. The van der Waals surface area contributed by atoms with Crippen molar-refractivity contribution in [2.75, 3.05) is 90.4 Å². The molecule has 0 unspecified atom stereocenters. The second-order valence-electron chi connectivity index (χ2n) is 31.4. The molecule has 4 aromatic carbocycles. The number of aryl methyl sites for hydroxylation is 1. The van der Waals surface area contributed by atoms with Gasteiger partial charge in [-0.05, 0) is 149 Å². The Labute approximate surface area is 662 Å². The van der Waals surface area contributed by atoms with Gasteiger partial charge in [-0.2, -0.15) is 31.0 Å². The van der Waals surface area contributed by atoms with Crippen molar-refractivity contribution in [3.05, 3.63) is 166 Å². The van der Waals surface area contributed by atoms with Gasteiger partial charge >= 0.3 is 30.1 Å². The second kappa shape index (κ2) is 41.1. The molecule has 0 spiro atoms. The van der Waals surface area contributed by atoms with Crippen LogP contribution in [0.2, 0.25) is 0 Å². The lowest BCUT2D eigenvalue weighted by Gasteiger charge is -2.35. The molecule has 3 atom stereocenters. The predicted molar refractivity (Wildman–Crippen MR) is 421 cm³/mol. The first-order valence-electron chi connectivity index (χ1n) is 37.7. The number of amides is 3. The highest BCUT2D eigenvalue weighted by atomic mass is 32.2. The SMILES string of the molecule is Cc1ccc2c(c1)C(C)(C)C(=CC=C1CCCC(C=CC3=[N+](CCCCS(=O)(=O)O)c4ccc(S(=O)(=O)O)cc4C3(C)C)=C1Oc1ccc(C[C@H](NC(=O)[C@@H](CC(=O)CC[N+](C)(C)CC[N+](C)(C)CCCC(=O)CC[C@H](NC(=O)NCCCC(=O)O)C(=O)O)Cc3ccccc3)C(=O)O)cc1)N2CCCCS(=O)(=O)[O-].O=C=O. The zero-order chi connectivity index (χ0) is 83.9. The number of quaternary nitrogens is 2. The summed E-state index contributed by atoms with van der Waals surface area (Å²) in [5, 5.41) is 36.7. The molecule has 4 aromatic rings. The third kappa shape index (κ3) is 29.2. The molecule has 0 radical (unpaired) electrons. The molecule has 113 heavy (non-hydrogen) atoms. The molecule has 0 saturated heterocycles. The number of allylic oxidation sites excluding steroid dienone is 7. The molecule has 0 fully saturated rings. The van der Waals surface area contributed by atoms with Crippen LogP contribution in [0.15, 0.2) is 143 Å². The third-order valence-electron chi connectivity index (χ3n) is 20.7. The Morgan fingerprint density at radius 3 is 1.94 bits per heavy atom. The van der Waals surface area contributed by atoms with E-state index in [1.165, 1.54) is 12.1 Å². The van der Waals surface area contributed by atoms with E-state index in [1.54, 1.807) is 30.3 Å². The highest BCUT2D eigenvalue weighted by Gasteiger charge is 2.46. The monoisotopic (exact) mass is 1630 g/mol. The molecule has 3 aliphatic rings. The predicted octanol–water partition coefficient (Wildman–Crippen LogP) is 8.93. The van der Waals surface area contributed by atoms with Gasteiger partial charge in [0.05, 0.1) is 73.9 Å². The zero-order valence-electron chi connectivity index (χ0n) is 65.8. The maximum Gasteiger partial charge on any atom is 0.373 e. The quantitative estimate of drug-likeness (QED) is 0.00886. The Balaban J connectivity index is 0.00000652. The van der Waals surface area contributed by atoms with Crippen molar-refractivity contribution in [3.8, 4) is 5.75 Å². The fourth-order valence-electron chi connectivity index (χ4n) is 14.2. The van der Waals surface area contributed by atoms with Gasteiger partial charge in [0.15, 0.2) is 5.71 Å². The fourth-order valence-corrected chi connectivity index (χ4v) is 15.8. The van der Waals surface area contributed by atoms with Crippen molar-refractivity contribution in [3.63, 3.8) is 0 Å². The number of nitrogens with one attached hydrogen (secondary N) is 3. The third-order valence-corrected chi connectivity index (χ3v) is 23.1. The van der Waals surface area contributed by atoms with Crippen LogP contribution in [-0.2, 0) is 92.4 Å². The number of Topliss-reactive ketones (excluding diaryl/α,β-unsaturated/α-hetero) is 2. The van der Waals surface area contributed by atoms with E-state index in [2.05, 4.69) is 40.8 Å². The fraction of sp³-hybridized carbons (Fsp3) is 0.494. The van der Waals surface area contributed by atoms with Crippen LogP contribution in [0.4, 0.5) is 16.2 Å². The average molecular weight is 1630 g/mol. The number of nitrogens with zero attached hydrogens (tertiary/aromatic N) is 4. The first-order chi connectivity index (χ1) is 52.8. The van der Waals surface area contributed by atoms with E-state index >= 15 is 0 Å². The van der Waals surface area contributed by atoms with Crippen molar-refractivity contribution in [1.82, 2.24) is 16.0 Å². The molecule has 1 aliphatic carbocycles. The van der Waals surface area contributed by atoms with E-state index < -0.39 is 101 Å². The Morgan fingerprint density at radius 2 is 1.31 bits per heavy atom. The first-order valence-corrected chi connectivity index (χ1v) is 42.3. The number of unbranched alkanes of at least 4 members (excludes halogenated alkanes) is 2. The number of carboxylic acid groups (broad SMARTS) is 3. The van der Waals surface area contributed by atoms with Crippen molar-refractivity contribution in [1.29, 1.82) is 0 Å². The summed E-state index contributed by atoms with van der Waals surface area (Å²) in [5.41, 5.74) is 7.44. The number of rotatable bonds is 44. The Bertz CT molecular complexity index is 4660. The molecule has 2 heterocycles. The molecule has 2 aliphatic heterocycles. The molecular formula is C81H109N7O22S3+2. The lowest BCUT2D eigenvalue weighted by atomic mass is 9.81. The highest BCUT2D eigenvalue weighted by molar-refractivity contribution is 7.86. The summed E-state index contributed by atoms with van der Waals surface area (Å²) in [5.74, 6) is -5.53. The molecule has 8 N–H and O–H groups in total. The molecule has 7 rings (SSSR count). The molecule has 0 saturated carbocycles. The van der Waals surface area contributed by atoms with Crippen molar-refractivity contribution >= 4 is 95.0 Å². The molecule has 0 aromatic heterocycles. The van der Waals surface area contributed by atoms with Crippen LogP contribution in [0, 0.1) is 12.8 Å². The van der Waals surface area contributed by atoms with Crippen LogP contribution >= 0.6 is 0 Å². The molecule has 32 heteroatoms. The van der Waals surface area contributed by atoms with Crippen molar-refractivity contribution in [2.24, 2.45) is 5.92 Å². The van der Waals surface area contributed by atoms with E-state index in [0.717, 1.165) is 44.9 Å². The Morgan fingerprint density at radius 1 is 0.664 bits per heavy atom.